The van der Waals surface area contributed by atoms with Crippen molar-refractivity contribution in [3.63, 3.8) is 0 Å². The lowest BCUT2D eigenvalue weighted by molar-refractivity contribution is 0.750. The molecule has 0 aromatic heterocycles. The van der Waals surface area contributed by atoms with Crippen LogP contribution in [0.2, 0.25) is 0 Å². The Bertz CT molecular complexity index is 289. The minimum atomic E-state index is 0.753. The van der Waals surface area contributed by atoms with Gasteiger partial charge in [-0.25, -0.2) is 0 Å². The van der Waals surface area contributed by atoms with Crippen molar-refractivity contribution in [1.82, 2.24) is 0 Å². The van der Waals surface area contributed by atoms with Gasteiger partial charge in [0.2, 0.25) is 0 Å². The number of hydrogen-bond donors (Lipinski definition) is 0. The molecule has 0 spiro atoms. The Kier molecular flexibility index (Phi) is 4.81. The highest BCUT2D eigenvalue weighted by atomic mass is 32.2. The van der Waals surface area contributed by atoms with Gasteiger partial charge in [-0.3, -0.25) is 0 Å². The summed E-state index contributed by atoms with van der Waals surface area (Å²) in [5, 5.41) is 0. The van der Waals surface area contributed by atoms with Gasteiger partial charge in [0.1, 0.15) is 0 Å². The molecule has 0 heterocycles. The van der Waals surface area contributed by atoms with Gasteiger partial charge in [-0.1, -0.05) is 32.1 Å². The van der Waals surface area contributed by atoms with Crippen molar-refractivity contribution in [2.75, 3.05) is 5.75 Å². The SMILES string of the molecule is C=CCc1cccc(SCC(C)C)c1. The summed E-state index contributed by atoms with van der Waals surface area (Å²) in [5.41, 5.74) is 1.36. The average molecular weight is 206 g/mol. The summed E-state index contributed by atoms with van der Waals surface area (Å²) in [5.74, 6) is 1.94. The maximum Gasteiger partial charge on any atom is 0.00748 e. The third kappa shape index (κ3) is 4.01. The van der Waals surface area contributed by atoms with E-state index in [-0.39, 0.29) is 0 Å². The van der Waals surface area contributed by atoms with Crippen LogP contribution in [0, 0.1) is 5.92 Å². The Morgan fingerprint density at radius 2 is 2.21 bits per heavy atom. The molecule has 1 aromatic carbocycles. The Hall–Kier alpha value is -0.690. The highest BCUT2D eigenvalue weighted by molar-refractivity contribution is 7.99. The largest absolute Gasteiger partial charge is 0.126 e. The maximum absolute atomic E-state index is 3.75. The molecule has 1 heteroatoms. The summed E-state index contributed by atoms with van der Waals surface area (Å²) in [6.45, 7) is 8.25. The number of benzene rings is 1. The number of allylic oxidation sites excluding steroid dienone is 1. The first-order valence-corrected chi connectivity index (χ1v) is 6.03. The molecule has 0 unspecified atom stereocenters. The first-order chi connectivity index (χ1) is 6.72. The lowest BCUT2D eigenvalue weighted by Gasteiger charge is -2.05. The second-order valence-electron chi connectivity index (χ2n) is 3.85. The summed E-state index contributed by atoms with van der Waals surface area (Å²) >= 11 is 1.93. The molecule has 0 saturated heterocycles. The summed E-state index contributed by atoms with van der Waals surface area (Å²) < 4.78 is 0. The van der Waals surface area contributed by atoms with Crippen LogP contribution in [0.5, 0.6) is 0 Å². The molecule has 0 saturated carbocycles. The predicted octanol–water partition coefficient (Wildman–Crippen LogP) is 4.16. The Labute approximate surface area is 91.4 Å². The van der Waals surface area contributed by atoms with Crippen LogP contribution in [0.1, 0.15) is 19.4 Å². The molecule has 0 aliphatic carbocycles. The second kappa shape index (κ2) is 5.92. The predicted molar refractivity (Wildman–Crippen MR) is 65.9 cm³/mol. The highest BCUT2D eigenvalue weighted by Gasteiger charge is 1.98. The van der Waals surface area contributed by atoms with Gasteiger partial charge in [0.05, 0.1) is 0 Å². The van der Waals surface area contributed by atoms with Gasteiger partial charge < -0.3 is 0 Å². The molecule has 76 valence electrons. The van der Waals surface area contributed by atoms with Crippen LogP contribution < -0.4 is 0 Å². The van der Waals surface area contributed by atoms with Crippen LogP contribution in [-0.2, 0) is 6.42 Å². The molecule has 0 amide bonds. The fourth-order valence-corrected chi connectivity index (χ4v) is 2.13. The molecule has 0 N–H and O–H groups in total. The van der Waals surface area contributed by atoms with Crippen LogP contribution in [0.15, 0.2) is 41.8 Å². The van der Waals surface area contributed by atoms with Gasteiger partial charge in [-0.15, -0.1) is 18.3 Å². The van der Waals surface area contributed by atoms with Crippen molar-refractivity contribution in [1.29, 1.82) is 0 Å². The molecular formula is C13H18S. The zero-order valence-electron chi connectivity index (χ0n) is 8.99. The Morgan fingerprint density at radius 3 is 2.86 bits per heavy atom. The van der Waals surface area contributed by atoms with E-state index in [4.69, 9.17) is 0 Å². The lowest BCUT2D eigenvalue weighted by atomic mass is 10.2. The first-order valence-electron chi connectivity index (χ1n) is 5.05. The first kappa shape index (κ1) is 11.4. The van der Waals surface area contributed by atoms with Crippen molar-refractivity contribution in [2.45, 2.75) is 25.2 Å². The topological polar surface area (TPSA) is 0 Å². The molecular weight excluding hydrogens is 188 g/mol. The summed E-state index contributed by atoms with van der Waals surface area (Å²) in [6.07, 6.45) is 2.92. The molecule has 1 rings (SSSR count). The summed E-state index contributed by atoms with van der Waals surface area (Å²) in [4.78, 5) is 1.37. The molecule has 0 aliphatic heterocycles. The Morgan fingerprint density at radius 1 is 1.43 bits per heavy atom. The van der Waals surface area contributed by atoms with Crippen molar-refractivity contribution in [3.05, 3.63) is 42.5 Å². The highest BCUT2D eigenvalue weighted by Crippen LogP contribution is 2.21. The van der Waals surface area contributed by atoms with E-state index in [1.165, 1.54) is 16.2 Å². The van der Waals surface area contributed by atoms with E-state index in [1.54, 1.807) is 0 Å². The quantitative estimate of drug-likeness (QED) is 0.515. The minimum Gasteiger partial charge on any atom is -0.126 e. The van der Waals surface area contributed by atoms with Crippen LogP contribution in [0.25, 0.3) is 0 Å². The van der Waals surface area contributed by atoms with Crippen molar-refractivity contribution < 1.29 is 0 Å². The molecule has 0 aliphatic rings. The van der Waals surface area contributed by atoms with E-state index < -0.39 is 0 Å². The average Bonchev–Trinajstić information content (AvgIpc) is 2.16. The monoisotopic (exact) mass is 206 g/mol. The van der Waals surface area contributed by atoms with Crippen LogP contribution in [-0.4, -0.2) is 5.75 Å². The van der Waals surface area contributed by atoms with Crippen LogP contribution >= 0.6 is 11.8 Å². The number of rotatable bonds is 5. The van der Waals surface area contributed by atoms with Gasteiger partial charge in [0.15, 0.2) is 0 Å². The second-order valence-corrected chi connectivity index (χ2v) is 4.94. The van der Waals surface area contributed by atoms with Gasteiger partial charge in [-0.2, -0.15) is 0 Å². The van der Waals surface area contributed by atoms with E-state index in [0.29, 0.717) is 0 Å². The summed E-state index contributed by atoms with van der Waals surface area (Å²) in [7, 11) is 0. The van der Waals surface area contributed by atoms with Crippen molar-refractivity contribution in [2.24, 2.45) is 5.92 Å². The Balaban J connectivity index is 2.58. The number of hydrogen-bond acceptors (Lipinski definition) is 1. The van der Waals surface area contributed by atoms with E-state index in [2.05, 4.69) is 44.7 Å². The van der Waals surface area contributed by atoms with Gasteiger partial charge in [0.25, 0.3) is 0 Å². The molecule has 0 radical (unpaired) electrons. The molecule has 0 bridgehead atoms. The van der Waals surface area contributed by atoms with Gasteiger partial charge in [-0.05, 0) is 30.0 Å². The fourth-order valence-electron chi connectivity index (χ4n) is 1.19. The van der Waals surface area contributed by atoms with E-state index in [9.17, 15) is 0 Å². The zero-order valence-corrected chi connectivity index (χ0v) is 9.81. The fraction of sp³-hybridized carbons (Fsp3) is 0.385. The maximum atomic E-state index is 3.75. The van der Waals surface area contributed by atoms with E-state index >= 15 is 0 Å². The van der Waals surface area contributed by atoms with E-state index in [1.807, 2.05) is 17.8 Å². The molecule has 0 fully saturated rings. The molecule has 14 heavy (non-hydrogen) atoms. The standard InChI is InChI=1S/C13H18S/c1-4-6-12-7-5-8-13(9-12)14-10-11(2)3/h4-5,7-9,11H,1,6,10H2,2-3H3. The van der Waals surface area contributed by atoms with Gasteiger partial charge in [0, 0.05) is 10.6 Å². The third-order valence-corrected chi connectivity index (χ3v) is 3.28. The number of thioether (sulfide) groups is 1. The summed E-state index contributed by atoms with van der Waals surface area (Å²) in [6, 6.07) is 8.72. The van der Waals surface area contributed by atoms with Crippen LogP contribution in [0.3, 0.4) is 0 Å². The zero-order chi connectivity index (χ0) is 10.4. The smallest absolute Gasteiger partial charge is 0.00748 e. The molecule has 0 atom stereocenters. The third-order valence-electron chi connectivity index (χ3n) is 1.86. The molecule has 1 aromatic rings. The normalized spacial score (nSPS) is 10.5. The van der Waals surface area contributed by atoms with Crippen molar-refractivity contribution in [3.8, 4) is 0 Å². The van der Waals surface area contributed by atoms with E-state index in [0.717, 1.165) is 12.3 Å². The van der Waals surface area contributed by atoms with Gasteiger partial charge >= 0.3 is 0 Å². The lowest BCUT2D eigenvalue weighted by Crippen LogP contribution is -1.90. The minimum absolute atomic E-state index is 0.753. The van der Waals surface area contributed by atoms with Crippen molar-refractivity contribution >= 4 is 11.8 Å². The molecule has 0 nitrogen and oxygen atoms in total. The van der Waals surface area contributed by atoms with Crippen LogP contribution in [0.4, 0.5) is 0 Å².